The van der Waals surface area contributed by atoms with Crippen LogP contribution in [0.2, 0.25) is 0 Å². The molecule has 1 aliphatic carbocycles. The minimum atomic E-state index is -3.79. The van der Waals surface area contributed by atoms with Crippen LogP contribution in [0.3, 0.4) is 0 Å². The van der Waals surface area contributed by atoms with Crippen molar-refractivity contribution in [1.82, 2.24) is 14.4 Å². The number of nitrogens with zero attached hydrogens (tertiary/aromatic N) is 3. The van der Waals surface area contributed by atoms with Crippen LogP contribution in [0.25, 0.3) is 0 Å². The number of aromatic hydroxyl groups is 1. The van der Waals surface area contributed by atoms with Crippen LogP contribution in [0, 0.1) is 0 Å². The summed E-state index contributed by atoms with van der Waals surface area (Å²) >= 11 is 0. The van der Waals surface area contributed by atoms with E-state index in [2.05, 4.69) is 10.1 Å². The quantitative estimate of drug-likeness (QED) is 0.662. The molecule has 0 radical (unpaired) electrons. The van der Waals surface area contributed by atoms with E-state index in [1.807, 2.05) is 12.1 Å². The number of phenols is 1. The molecule has 0 bridgehead atoms. The SMILES string of the molecule is O=S(=O)(C1CCC[C@H](F)C1)N1C[C@H](O)C[C@H]1c1nc(CCCc2ccc(O)cc2)no1. The molecule has 2 aliphatic rings. The molecule has 2 aromatic rings. The molecule has 1 saturated carbocycles. The van der Waals surface area contributed by atoms with Crippen LogP contribution in [0.1, 0.15) is 61.8 Å². The number of benzene rings is 1. The van der Waals surface area contributed by atoms with Crippen molar-refractivity contribution >= 4 is 10.0 Å². The number of sulfonamides is 1. The first-order valence-electron chi connectivity index (χ1n) is 10.8. The topological polar surface area (TPSA) is 117 Å². The van der Waals surface area contributed by atoms with Crippen molar-refractivity contribution in [2.45, 2.75) is 74.9 Å². The molecule has 1 aliphatic heterocycles. The zero-order valence-electron chi connectivity index (χ0n) is 17.2. The van der Waals surface area contributed by atoms with E-state index < -0.39 is 33.6 Å². The second-order valence-electron chi connectivity index (χ2n) is 8.47. The number of alkyl halides is 1. The van der Waals surface area contributed by atoms with Gasteiger partial charge in [0.15, 0.2) is 5.82 Å². The normalized spacial score (nSPS) is 27.5. The minimum Gasteiger partial charge on any atom is -0.508 e. The summed E-state index contributed by atoms with van der Waals surface area (Å²) in [6.45, 7) is -0.0426. The molecular formula is C21H28FN3O5S. The number of aliphatic hydroxyl groups is 1. The fourth-order valence-corrected chi connectivity index (χ4v) is 6.67. The molecule has 1 aromatic heterocycles. The molecule has 2 N–H and O–H groups in total. The Morgan fingerprint density at radius 2 is 1.94 bits per heavy atom. The van der Waals surface area contributed by atoms with Crippen LogP contribution in [0.4, 0.5) is 4.39 Å². The lowest BCUT2D eigenvalue weighted by atomic mass is 9.98. The average Bonchev–Trinajstić information content (AvgIpc) is 3.36. The van der Waals surface area contributed by atoms with Gasteiger partial charge in [-0.05, 0) is 56.2 Å². The highest BCUT2D eigenvalue weighted by atomic mass is 32.2. The van der Waals surface area contributed by atoms with E-state index in [1.165, 1.54) is 4.31 Å². The van der Waals surface area contributed by atoms with Crippen molar-refractivity contribution < 1.29 is 27.5 Å². The Balaban J connectivity index is 1.42. The maximum Gasteiger partial charge on any atom is 0.245 e. The molecule has 1 aromatic carbocycles. The summed E-state index contributed by atoms with van der Waals surface area (Å²) in [6.07, 6.45) is 1.70. The number of phenolic OH excluding ortho intramolecular Hbond substituents is 1. The fourth-order valence-electron chi connectivity index (χ4n) is 4.46. The molecule has 1 saturated heterocycles. The Labute approximate surface area is 181 Å². The number of hydrogen-bond acceptors (Lipinski definition) is 7. The van der Waals surface area contributed by atoms with Gasteiger partial charge in [-0.3, -0.25) is 0 Å². The molecule has 4 atom stereocenters. The predicted octanol–water partition coefficient (Wildman–Crippen LogP) is 2.67. The first-order valence-corrected chi connectivity index (χ1v) is 12.3. The van der Waals surface area contributed by atoms with Gasteiger partial charge in [-0.1, -0.05) is 17.3 Å². The highest BCUT2D eigenvalue weighted by molar-refractivity contribution is 7.89. The van der Waals surface area contributed by atoms with Crippen LogP contribution in [-0.2, 0) is 22.9 Å². The van der Waals surface area contributed by atoms with E-state index in [-0.39, 0.29) is 31.0 Å². The Morgan fingerprint density at radius 1 is 1.16 bits per heavy atom. The van der Waals surface area contributed by atoms with E-state index in [0.717, 1.165) is 18.4 Å². The third-order valence-corrected chi connectivity index (χ3v) is 8.44. The number of aryl methyl sites for hydroxylation is 2. The van der Waals surface area contributed by atoms with Crippen molar-refractivity contribution in [3.8, 4) is 5.75 Å². The van der Waals surface area contributed by atoms with E-state index in [9.17, 15) is 23.0 Å². The Morgan fingerprint density at radius 3 is 2.68 bits per heavy atom. The summed E-state index contributed by atoms with van der Waals surface area (Å²) in [5, 5.41) is 22.7. The van der Waals surface area contributed by atoms with Crippen LogP contribution in [0.15, 0.2) is 28.8 Å². The van der Waals surface area contributed by atoms with Gasteiger partial charge in [0.05, 0.1) is 11.4 Å². The number of aliphatic hydroxyl groups excluding tert-OH is 1. The van der Waals surface area contributed by atoms with Gasteiger partial charge in [0, 0.05) is 19.4 Å². The molecule has 2 fully saturated rings. The predicted molar refractivity (Wildman–Crippen MR) is 111 cm³/mol. The Hall–Kier alpha value is -2.04. The summed E-state index contributed by atoms with van der Waals surface area (Å²) < 4.78 is 46.7. The first kappa shape index (κ1) is 22.2. The molecule has 4 rings (SSSR count). The third-order valence-electron chi connectivity index (χ3n) is 6.11. The summed E-state index contributed by atoms with van der Waals surface area (Å²) in [4.78, 5) is 4.39. The zero-order valence-corrected chi connectivity index (χ0v) is 18.0. The summed E-state index contributed by atoms with van der Waals surface area (Å²) in [6, 6.07) is 6.26. The second-order valence-corrected chi connectivity index (χ2v) is 10.6. The van der Waals surface area contributed by atoms with Crippen molar-refractivity contribution in [3.05, 3.63) is 41.5 Å². The largest absolute Gasteiger partial charge is 0.508 e. The number of hydrogen-bond donors (Lipinski definition) is 2. The van der Waals surface area contributed by atoms with Gasteiger partial charge in [-0.25, -0.2) is 12.8 Å². The molecule has 31 heavy (non-hydrogen) atoms. The maximum atomic E-state index is 13.8. The number of aromatic nitrogens is 2. The molecule has 170 valence electrons. The lowest BCUT2D eigenvalue weighted by Crippen LogP contribution is -2.41. The van der Waals surface area contributed by atoms with Crippen molar-refractivity contribution in [2.75, 3.05) is 6.54 Å². The Bertz CT molecular complexity index is 981. The van der Waals surface area contributed by atoms with Gasteiger partial charge in [-0.2, -0.15) is 9.29 Å². The monoisotopic (exact) mass is 453 g/mol. The molecule has 0 amide bonds. The van der Waals surface area contributed by atoms with Crippen molar-refractivity contribution in [2.24, 2.45) is 0 Å². The fraction of sp³-hybridized carbons (Fsp3) is 0.619. The van der Waals surface area contributed by atoms with E-state index in [4.69, 9.17) is 4.52 Å². The highest BCUT2D eigenvalue weighted by Gasteiger charge is 2.46. The zero-order chi connectivity index (χ0) is 22.0. The molecular weight excluding hydrogens is 425 g/mol. The van der Waals surface area contributed by atoms with E-state index >= 15 is 0 Å². The summed E-state index contributed by atoms with van der Waals surface area (Å²) in [5.41, 5.74) is 1.08. The third kappa shape index (κ3) is 5.07. The smallest absolute Gasteiger partial charge is 0.245 e. The van der Waals surface area contributed by atoms with Crippen LogP contribution in [-0.4, -0.2) is 57.1 Å². The van der Waals surface area contributed by atoms with Crippen LogP contribution in [0.5, 0.6) is 5.75 Å². The molecule has 8 nitrogen and oxygen atoms in total. The van der Waals surface area contributed by atoms with Gasteiger partial charge < -0.3 is 14.7 Å². The van der Waals surface area contributed by atoms with Gasteiger partial charge in [0.2, 0.25) is 15.9 Å². The van der Waals surface area contributed by atoms with E-state index in [1.54, 1.807) is 12.1 Å². The number of rotatable bonds is 7. The summed E-state index contributed by atoms with van der Waals surface area (Å²) in [5.74, 6) is 0.876. The Kier molecular flexibility index (Phi) is 6.59. The molecule has 10 heteroatoms. The molecule has 2 heterocycles. The van der Waals surface area contributed by atoms with Gasteiger partial charge in [0.1, 0.15) is 18.0 Å². The van der Waals surface area contributed by atoms with Crippen LogP contribution >= 0.6 is 0 Å². The number of halogens is 1. The lowest BCUT2D eigenvalue weighted by molar-refractivity contribution is 0.187. The van der Waals surface area contributed by atoms with Crippen molar-refractivity contribution in [3.63, 3.8) is 0 Å². The standard InChI is InChI=1S/C21H28FN3O5S/c22-15-4-2-5-18(11-15)31(28,29)25-13-17(27)12-19(25)21-23-20(24-30-21)6-1-3-14-7-9-16(26)10-8-14/h7-10,15,17-19,26-27H,1-6,11-13H2/t15-,17+,18?,19-/m0/s1. The van der Waals surface area contributed by atoms with E-state index in [0.29, 0.717) is 31.5 Å². The minimum absolute atomic E-state index is 0.00596. The molecule has 1 unspecified atom stereocenters. The lowest BCUT2D eigenvalue weighted by Gasteiger charge is -2.30. The van der Waals surface area contributed by atoms with Crippen LogP contribution < -0.4 is 0 Å². The van der Waals surface area contributed by atoms with Gasteiger partial charge in [-0.15, -0.1) is 0 Å². The first-order chi connectivity index (χ1) is 14.8. The van der Waals surface area contributed by atoms with Gasteiger partial charge in [0.25, 0.3) is 0 Å². The maximum absolute atomic E-state index is 13.8. The number of β-amino-alcohol motifs (C(OH)–C–C–N with tert-alkyl or cyclic N) is 1. The molecule has 0 spiro atoms. The van der Waals surface area contributed by atoms with Crippen molar-refractivity contribution in [1.29, 1.82) is 0 Å². The second kappa shape index (κ2) is 9.22. The van der Waals surface area contributed by atoms with Gasteiger partial charge >= 0.3 is 0 Å². The average molecular weight is 454 g/mol. The highest BCUT2D eigenvalue weighted by Crippen LogP contribution is 2.38. The summed E-state index contributed by atoms with van der Waals surface area (Å²) in [7, 11) is -3.79.